The fourth-order valence-electron chi connectivity index (χ4n) is 2.69. The molecule has 100 valence electrons. The summed E-state index contributed by atoms with van der Waals surface area (Å²) in [5.41, 5.74) is 1.30. The average Bonchev–Trinajstić information content (AvgIpc) is 2.33. The van der Waals surface area contributed by atoms with Gasteiger partial charge in [-0.15, -0.1) is 0 Å². The molecule has 1 aliphatic heterocycles. The Morgan fingerprint density at radius 3 is 2.72 bits per heavy atom. The summed E-state index contributed by atoms with van der Waals surface area (Å²) in [6.07, 6.45) is 1.71. The van der Waals surface area contributed by atoms with Crippen LogP contribution in [0.2, 0.25) is 0 Å². The van der Waals surface area contributed by atoms with Crippen LogP contribution < -0.4 is 4.90 Å². The molecule has 0 saturated carbocycles. The predicted molar refractivity (Wildman–Crippen MR) is 72.2 cm³/mol. The third kappa shape index (κ3) is 2.51. The Balaban J connectivity index is 2.27. The van der Waals surface area contributed by atoms with Crippen LogP contribution in [0.4, 0.5) is 10.1 Å². The van der Waals surface area contributed by atoms with Crippen LogP contribution >= 0.6 is 0 Å². The van der Waals surface area contributed by atoms with E-state index in [1.54, 1.807) is 13.0 Å². The minimum absolute atomic E-state index is 0.227. The van der Waals surface area contributed by atoms with E-state index in [0.717, 1.165) is 13.0 Å². The van der Waals surface area contributed by atoms with Crippen LogP contribution in [-0.2, 0) is 0 Å². The molecule has 1 N–H and O–H groups in total. The highest BCUT2D eigenvalue weighted by molar-refractivity contribution is 5.50. The molecule has 18 heavy (non-hydrogen) atoms. The first-order chi connectivity index (χ1) is 8.50. The van der Waals surface area contributed by atoms with Crippen molar-refractivity contribution in [2.45, 2.75) is 45.8 Å². The summed E-state index contributed by atoms with van der Waals surface area (Å²) in [5, 5.41) is 9.46. The lowest BCUT2D eigenvalue weighted by Gasteiger charge is -2.39. The SMILES string of the molecule is CC1CCCN(c2ccc([C@@H](C)O)cc2F)C1C. The Morgan fingerprint density at radius 1 is 1.39 bits per heavy atom. The van der Waals surface area contributed by atoms with Crippen LogP contribution in [0.3, 0.4) is 0 Å². The van der Waals surface area contributed by atoms with E-state index in [4.69, 9.17) is 0 Å². The van der Waals surface area contributed by atoms with Crippen LogP contribution in [0.5, 0.6) is 0 Å². The van der Waals surface area contributed by atoms with E-state index in [2.05, 4.69) is 18.7 Å². The highest BCUT2D eigenvalue weighted by Gasteiger charge is 2.26. The number of halogens is 1. The third-order valence-electron chi connectivity index (χ3n) is 4.14. The quantitative estimate of drug-likeness (QED) is 0.869. The molecule has 1 heterocycles. The maximum absolute atomic E-state index is 14.1. The van der Waals surface area contributed by atoms with Crippen LogP contribution in [0.1, 0.15) is 45.3 Å². The Kier molecular flexibility index (Phi) is 3.91. The maximum Gasteiger partial charge on any atom is 0.146 e. The highest BCUT2D eigenvalue weighted by Crippen LogP contribution is 2.31. The molecule has 0 spiro atoms. The number of rotatable bonds is 2. The standard InChI is InChI=1S/C15H22FNO/c1-10-5-4-8-17(11(10)2)15-7-6-13(12(3)18)9-14(15)16/h6-7,9-12,18H,4-5,8H2,1-3H3/t10?,11?,12-/m1/s1. The molecule has 2 nitrogen and oxygen atoms in total. The van der Waals surface area contributed by atoms with Crippen molar-refractivity contribution in [2.75, 3.05) is 11.4 Å². The maximum atomic E-state index is 14.1. The monoisotopic (exact) mass is 251 g/mol. The summed E-state index contributed by atoms with van der Waals surface area (Å²) < 4.78 is 14.1. The zero-order chi connectivity index (χ0) is 13.3. The van der Waals surface area contributed by atoms with Crippen molar-refractivity contribution in [3.63, 3.8) is 0 Å². The zero-order valence-corrected chi connectivity index (χ0v) is 11.4. The number of hydrogen-bond acceptors (Lipinski definition) is 2. The van der Waals surface area contributed by atoms with Crippen molar-refractivity contribution in [3.05, 3.63) is 29.6 Å². The lowest BCUT2D eigenvalue weighted by atomic mass is 9.91. The Bertz CT molecular complexity index is 419. The van der Waals surface area contributed by atoms with Crippen molar-refractivity contribution < 1.29 is 9.50 Å². The summed E-state index contributed by atoms with van der Waals surface area (Å²) in [4.78, 5) is 2.15. The molecule has 3 atom stereocenters. The minimum Gasteiger partial charge on any atom is -0.389 e. The largest absolute Gasteiger partial charge is 0.389 e. The number of aliphatic hydroxyl groups is 1. The third-order valence-corrected chi connectivity index (χ3v) is 4.14. The van der Waals surface area contributed by atoms with Gasteiger partial charge >= 0.3 is 0 Å². The molecule has 1 aromatic carbocycles. The van der Waals surface area contributed by atoms with E-state index >= 15 is 0 Å². The van der Waals surface area contributed by atoms with Gasteiger partial charge in [0.25, 0.3) is 0 Å². The summed E-state index contributed by atoms with van der Waals surface area (Å²) >= 11 is 0. The van der Waals surface area contributed by atoms with Crippen molar-refractivity contribution in [1.29, 1.82) is 0 Å². The number of hydrogen-bond donors (Lipinski definition) is 1. The zero-order valence-electron chi connectivity index (χ0n) is 11.4. The number of aliphatic hydroxyl groups excluding tert-OH is 1. The fourth-order valence-corrected chi connectivity index (χ4v) is 2.69. The molecular weight excluding hydrogens is 229 g/mol. The second-order valence-corrected chi connectivity index (χ2v) is 5.44. The van der Waals surface area contributed by atoms with Crippen LogP contribution in [-0.4, -0.2) is 17.7 Å². The molecule has 1 saturated heterocycles. The van der Waals surface area contributed by atoms with E-state index in [1.165, 1.54) is 12.5 Å². The summed E-state index contributed by atoms with van der Waals surface area (Å²) in [6.45, 7) is 6.95. The fraction of sp³-hybridized carbons (Fsp3) is 0.600. The Hall–Kier alpha value is -1.09. The molecule has 0 amide bonds. The summed E-state index contributed by atoms with van der Waals surface area (Å²) in [6, 6.07) is 5.43. The van der Waals surface area contributed by atoms with Gasteiger partial charge in [-0.1, -0.05) is 13.0 Å². The van der Waals surface area contributed by atoms with Gasteiger partial charge in [-0.05, 0) is 50.3 Å². The molecule has 2 unspecified atom stereocenters. The topological polar surface area (TPSA) is 23.5 Å². The van der Waals surface area contributed by atoms with E-state index < -0.39 is 6.10 Å². The predicted octanol–water partition coefficient (Wildman–Crippen LogP) is 3.50. The highest BCUT2D eigenvalue weighted by atomic mass is 19.1. The molecule has 2 rings (SSSR count). The normalized spacial score (nSPS) is 26.2. The molecule has 0 bridgehead atoms. The van der Waals surface area contributed by atoms with Crippen molar-refractivity contribution in [3.8, 4) is 0 Å². The van der Waals surface area contributed by atoms with Crippen molar-refractivity contribution >= 4 is 5.69 Å². The van der Waals surface area contributed by atoms with Crippen LogP contribution in [0.15, 0.2) is 18.2 Å². The number of anilines is 1. The van der Waals surface area contributed by atoms with E-state index in [1.807, 2.05) is 6.07 Å². The molecule has 3 heteroatoms. The van der Waals surface area contributed by atoms with Gasteiger partial charge in [0.15, 0.2) is 0 Å². The van der Waals surface area contributed by atoms with Gasteiger partial charge in [0, 0.05) is 12.6 Å². The summed E-state index contributed by atoms with van der Waals surface area (Å²) in [7, 11) is 0. The Labute approximate surface area is 108 Å². The van der Waals surface area contributed by atoms with E-state index in [9.17, 15) is 9.50 Å². The van der Waals surface area contributed by atoms with Gasteiger partial charge in [-0.3, -0.25) is 0 Å². The van der Waals surface area contributed by atoms with E-state index in [0.29, 0.717) is 23.2 Å². The number of nitrogens with zero attached hydrogens (tertiary/aromatic N) is 1. The van der Waals surface area contributed by atoms with Crippen molar-refractivity contribution in [1.82, 2.24) is 0 Å². The van der Waals surface area contributed by atoms with Gasteiger partial charge < -0.3 is 10.0 Å². The first-order valence-corrected chi connectivity index (χ1v) is 6.75. The lowest BCUT2D eigenvalue weighted by molar-refractivity contribution is 0.199. The van der Waals surface area contributed by atoms with Gasteiger partial charge in [0.05, 0.1) is 11.8 Å². The molecule has 0 aliphatic carbocycles. The average molecular weight is 251 g/mol. The first-order valence-electron chi connectivity index (χ1n) is 6.75. The van der Waals surface area contributed by atoms with Gasteiger partial charge in [-0.2, -0.15) is 0 Å². The second-order valence-electron chi connectivity index (χ2n) is 5.44. The Morgan fingerprint density at radius 2 is 2.11 bits per heavy atom. The lowest BCUT2D eigenvalue weighted by Crippen LogP contribution is -2.42. The molecular formula is C15H22FNO. The molecule has 1 aromatic rings. The second kappa shape index (κ2) is 5.27. The van der Waals surface area contributed by atoms with Gasteiger partial charge in [0.1, 0.15) is 5.82 Å². The van der Waals surface area contributed by atoms with E-state index in [-0.39, 0.29) is 5.82 Å². The smallest absolute Gasteiger partial charge is 0.146 e. The molecule has 0 aromatic heterocycles. The summed E-state index contributed by atoms with van der Waals surface area (Å²) in [5.74, 6) is 0.365. The van der Waals surface area contributed by atoms with Crippen LogP contribution in [0.25, 0.3) is 0 Å². The molecule has 0 radical (unpaired) electrons. The number of piperidine rings is 1. The first kappa shape index (κ1) is 13.3. The molecule has 1 aliphatic rings. The molecule has 1 fully saturated rings. The van der Waals surface area contributed by atoms with Crippen LogP contribution in [0, 0.1) is 11.7 Å². The van der Waals surface area contributed by atoms with Crippen molar-refractivity contribution in [2.24, 2.45) is 5.92 Å². The minimum atomic E-state index is -0.619. The van der Waals surface area contributed by atoms with Gasteiger partial charge in [-0.25, -0.2) is 4.39 Å². The van der Waals surface area contributed by atoms with Gasteiger partial charge in [0.2, 0.25) is 0 Å². The number of benzene rings is 1.